The molecule has 4 aromatic rings. The lowest BCUT2D eigenvalue weighted by atomic mass is 10.2. The molecule has 2 aromatic heterocycles. The number of amides is 1. The maximum absolute atomic E-state index is 12.5. The van der Waals surface area contributed by atoms with Crippen molar-refractivity contribution in [1.82, 2.24) is 10.4 Å². The van der Waals surface area contributed by atoms with Crippen LogP contribution < -0.4 is 10.2 Å². The van der Waals surface area contributed by atoms with Crippen LogP contribution in [-0.4, -0.2) is 24.2 Å². The molecular weight excluding hydrogens is 374 g/mol. The zero-order valence-electron chi connectivity index (χ0n) is 15.3. The van der Waals surface area contributed by atoms with E-state index in [1.54, 1.807) is 26.5 Å². The van der Waals surface area contributed by atoms with Gasteiger partial charge in [-0.1, -0.05) is 12.1 Å². The molecule has 1 amide bonds. The van der Waals surface area contributed by atoms with Crippen molar-refractivity contribution in [1.29, 1.82) is 0 Å². The van der Waals surface area contributed by atoms with E-state index in [2.05, 4.69) is 15.5 Å². The summed E-state index contributed by atoms with van der Waals surface area (Å²) in [6.07, 6.45) is 3.24. The Balaban J connectivity index is 1.51. The predicted molar refractivity (Wildman–Crippen MR) is 110 cm³/mol. The number of aromatic nitrogens is 1. The van der Waals surface area contributed by atoms with Gasteiger partial charge in [-0.25, -0.2) is 10.4 Å². The van der Waals surface area contributed by atoms with E-state index >= 15 is 0 Å². The van der Waals surface area contributed by atoms with Crippen LogP contribution in [0.1, 0.15) is 20.9 Å². The smallest absolute Gasteiger partial charge is 0.283 e. The Kier molecular flexibility index (Phi) is 4.90. The van der Waals surface area contributed by atoms with Gasteiger partial charge in [0.05, 0.1) is 30.8 Å². The number of aryl methyl sites for hydroxylation is 1. The molecule has 0 saturated carbocycles. The number of hydrazone groups is 1. The van der Waals surface area contributed by atoms with Crippen LogP contribution in [0.2, 0.25) is 0 Å². The fraction of sp³-hybridized carbons (Fsp3) is 0.0952. The first-order valence-electron chi connectivity index (χ1n) is 8.57. The number of nitrogens with zero attached hydrogens (tertiary/aromatic N) is 2. The Morgan fingerprint density at radius 3 is 2.96 bits per heavy atom. The van der Waals surface area contributed by atoms with Crippen molar-refractivity contribution in [3.8, 4) is 16.3 Å². The van der Waals surface area contributed by atoms with Crippen molar-refractivity contribution in [3.05, 3.63) is 70.9 Å². The summed E-state index contributed by atoms with van der Waals surface area (Å²) < 4.78 is 10.7. The van der Waals surface area contributed by atoms with Gasteiger partial charge in [-0.05, 0) is 48.9 Å². The van der Waals surface area contributed by atoms with Gasteiger partial charge in [0, 0.05) is 5.39 Å². The van der Waals surface area contributed by atoms with E-state index in [0.29, 0.717) is 10.6 Å². The second kappa shape index (κ2) is 7.66. The van der Waals surface area contributed by atoms with E-state index in [0.717, 1.165) is 32.9 Å². The number of rotatable bonds is 5. The molecule has 0 atom stereocenters. The van der Waals surface area contributed by atoms with Crippen molar-refractivity contribution in [2.24, 2.45) is 5.10 Å². The van der Waals surface area contributed by atoms with Crippen molar-refractivity contribution >= 4 is 34.4 Å². The van der Waals surface area contributed by atoms with E-state index < -0.39 is 0 Å². The summed E-state index contributed by atoms with van der Waals surface area (Å²) in [5.41, 5.74) is 5.75. The van der Waals surface area contributed by atoms with E-state index in [4.69, 9.17) is 9.15 Å². The maximum Gasteiger partial charge on any atom is 0.283 e. The molecule has 2 heterocycles. The van der Waals surface area contributed by atoms with Crippen LogP contribution in [0, 0.1) is 6.92 Å². The third kappa shape index (κ3) is 3.52. The quantitative estimate of drug-likeness (QED) is 0.397. The Labute approximate surface area is 165 Å². The molecule has 0 saturated heterocycles. The van der Waals surface area contributed by atoms with Crippen LogP contribution in [0.25, 0.3) is 21.5 Å². The normalized spacial score (nSPS) is 11.2. The Morgan fingerprint density at radius 2 is 2.11 bits per heavy atom. The number of ether oxygens (including phenoxy) is 1. The Morgan fingerprint density at radius 1 is 1.25 bits per heavy atom. The van der Waals surface area contributed by atoms with Crippen molar-refractivity contribution in [2.75, 3.05) is 7.11 Å². The summed E-state index contributed by atoms with van der Waals surface area (Å²) in [4.78, 5) is 17.6. The molecule has 28 heavy (non-hydrogen) atoms. The number of methoxy groups -OCH3 is 1. The number of carbonyl (C=O) groups excluding carboxylic acids is 1. The summed E-state index contributed by atoms with van der Waals surface area (Å²) in [7, 11) is 1.61. The van der Waals surface area contributed by atoms with Crippen LogP contribution in [0.5, 0.6) is 5.75 Å². The minimum Gasteiger partial charge on any atom is -0.496 e. The highest BCUT2D eigenvalue weighted by Gasteiger charge is 2.17. The predicted octanol–water partition coefficient (Wildman–Crippen LogP) is 4.64. The van der Waals surface area contributed by atoms with E-state index in [9.17, 15) is 4.79 Å². The maximum atomic E-state index is 12.5. The number of carbonyl (C=O) groups is 1. The third-order valence-electron chi connectivity index (χ3n) is 4.20. The first kappa shape index (κ1) is 17.9. The van der Waals surface area contributed by atoms with Gasteiger partial charge in [-0.15, -0.1) is 11.3 Å². The number of hydrogen-bond acceptors (Lipinski definition) is 6. The van der Waals surface area contributed by atoms with E-state index in [-0.39, 0.29) is 5.91 Å². The molecule has 0 aliphatic rings. The number of para-hydroxylation sites is 1. The highest BCUT2D eigenvalue weighted by Crippen LogP contribution is 2.34. The molecule has 1 N–H and O–H groups in total. The SMILES string of the molecule is COc1ccccc1-c1nc(C)c(C(=O)N/N=C/c2ccc3occc3c2)s1. The molecular formula is C21H17N3O3S. The minimum atomic E-state index is -0.295. The molecule has 0 aliphatic heterocycles. The van der Waals surface area contributed by atoms with E-state index in [1.165, 1.54) is 11.3 Å². The van der Waals surface area contributed by atoms with Gasteiger partial charge < -0.3 is 9.15 Å². The van der Waals surface area contributed by atoms with Crippen molar-refractivity contribution in [3.63, 3.8) is 0 Å². The lowest BCUT2D eigenvalue weighted by molar-refractivity contribution is 0.0958. The molecule has 0 aliphatic carbocycles. The Bertz CT molecular complexity index is 1180. The average Bonchev–Trinajstić information content (AvgIpc) is 3.33. The molecule has 0 bridgehead atoms. The zero-order valence-corrected chi connectivity index (χ0v) is 16.1. The van der Waals surface area contributed by atoms with Crippen LogP contribution in [0.4, 0.5) is 0 Å². The van der Waals surface area contributed by atoms with Gasteiger partial charge in [0.25, 0.3) is 5.91 Å². The van der Waals surface area contributed by atoms with E-state index in [1.807, 2.05) is 48.5 Å². The summed E-state index contributed by atoms with van der Waals surface area (Å²) in [6, 6.07) is 15.2. The number of nitrogens with one attached hydrogen (secondary N) is 1. The second-order valence-corrected chi connectivity index (χ2v) is 7.05. The first-order chi connectivity index (χ1) is 13.7. The van der Waals surface area contributed by atoms with Gasteiger partial charge in [-0.3, -0.25) is 4.79 Å². The van der Waals surface area contributed by atoms with Gasteiger partial charge in [-0.2, -0.15) is 5.10 Å². The number of furan rings is 1. The van der Waals surface area contributed by atoms with Crippen molar-refractivity contribution in [2.45, 2.75) is 6.92 Å². The van der Waals surface area contributed by atoms with Gasteiger partial charge in [0.1, 0.15) is 21.2 Å². The fourth-order valence-corrected chi connectivity index (χ4v) is 3.81. The molecule has 4 rings (SSSR count). The largest absolute Gasteiger partial charge is 0.496 e. The molecule has 0 fully saturated rings. The highest BCUT2D eigenvalue weighted by molar-refractivity contribution is 7.17. The third-order valence-corrected chi connectivity index (χ3v) is 5.39. The molecule has 6 nitrogen and oxygen atoms in total. The molecule has 0 unspecified atom stereocenters. The first-order valence-corrected chi connectivity index (χ1v) is 9.39. The molecule has 7 heteroatoms. The van der Waals surface area contributed by atoms with Crippen LogP contribution in [0.3, 0.4) is 0 Å². The van der Waals surface area contributed by atoms with Gasteiger partial charge >= 0.3 is 0 Å². The monoisotopic (exact) mass is 391 g/mol. The topological polar surface area (TPSA) is 76.7 Å². The molecule has 0 radical (unpaired) electrons. The highest BCUT2D eigenvalue weighted by atomic mass is 32.1. The zero-order chi connectivity index (χ0) is 19.5. The van der Waals surface area contributed by atoms with Crippen molar-refractivity contribution < 1.29 is 13.9 Å². The lowest BCUT2D eigenvalue weighted by Gasteiger charge is -2.04. The molecule has 0 spiro atoms. The van der Waals surface area contributed by atoms with Crippen LogP contribution in [-0.2, 0) is 0 Å². The number of thiazole rings is 1. The minimum absolute atomic E-state index is 0.295. The second-order valence-electron chi connectivity index (χ2n) is 6.05. The van der Waals surface area contributed by atoms with Gasteiger partial charge in [0.2, 0.25) is 0 Å². The average molecular weight is 391 g/mol. The Hall–Kier alpha value is -3.45. The lowest BCUT2D eigenvalue weighted by Crippen LogP contribution is -2.17. The molecule has 140 valence electrons. The summed E-state index contributed by atoms with van der Waals surface area (Å²) in [5, 5.41) is 5.78. The number of fused-ring (bicyclic) bond motifs is 1. The number of benzene rings is 2. The summed E-state index contributed by atoms with van der Waals surface area (Å²) in [5.74, 6) is 0.424. The molecule has 2 aromatic carbocycles. The summed E-state index contributed by atoms with van der Waals surface area (Å²) in [6.45, 7) is 1.81. The number of hydrogen-bond donors (Lipinski definition) is 1. The van der Waals surface area contributed by atoms with Gasteiger partial charge in [0.15, 0.2) is 0 Å². The fourth-order valence-electron chi connectivity index (χ4n) is 2.83. The van der Waals surface area contributed by atoms with Crippen LogP contribution in [0.15, 0.2) is 64.3 Å². The standard InChI is InChI=1S/C21H17N3O3S/c1-13-19(28-21(23-13)16-5-3-4-6-18(16)26-2)20(25)24-22-12-14-7-8-17-15(11-14)9-10-27-17/h3-12H,1-2H3,(H,24,25)/b22-12+. The summed E-state index contributed by atoms with van der Waals surface area (Å²) >= 11 is 1.31. The van der Waals surface area contributed by atoms with Crippen LogP contribution >= 0.6 is 11.3 Å².